The number of hydrogen-bond donors (Lipinski definition) is 1. The van der Waals surface area contributed by atoms with Crippen LogP contribution >= 0.6 is 0 Å². The van der Waals surface area contributed by atoms with E-state index in [0.717, 1.165) is 5.56 Å². The highest BCUT2D eigenvalue weighted by Crippen LogP contribution is 2.18. The van der Waals surface area contributed by atoms with Gasteiger partial charge in [-0.1, -0.05) is 0 Å². The highest BCUT2D eigenvalue weighted by molar-refractivity contribution is 5.96. The van der Waals surface area contributed by atoms with Crippen molar-refractivity contribution < 1.29 is 19.4 Å². The Hall–Kier alpha value is -2.24. The molecule has 6 heteroatoms. The summed E-state index contributed by atoms with van der Waals surface area (Å²) >= 11 is 0. The molecular weight excluding hydrogens is 272 g/mol. The van der Waals surface area contributed by atoms with Gasteiger partial charge in [0.15, 0.2) is 0 Å². The first-order valence-corrected chi connectivity index (χ1v) is 7.03. The first-order valence-electron chi connectivity index (χ1n) is 7.03. The van der Waals surface area contributed by atoms with Crippen molar-refractivity contribution in [2.24, 2.45) is 0 Å². The van der Waals surface area contributed by atoms with Crippen LogP contribution in [-0.4, -0.2) is 59.7 Å². The summed E-state index contributed by atoms with van der Waals surface area (Å²) in [6, 6.07) is 4.71. The van der Waals surface area contributed by atoms with E-state index >= 15 is 0 Å². The molecule has 0 bridgehead atoms. The number of carbonyl (C=O) groups excluding carboxylic acids is 2. The number of aryl methyl sites for hydroxylation is 1. The molecule has 2 amide bonds. The predicted molar refractivity (Wildman–Crippen MR) is 77.3 cm³/mol. The molecule has 1 aromatic rings. The van der Waals surface area contributed by atoms with Crippen molar-refractivity contribution in [3.8, 4) is 5.75 Å². The molecule has 0 atom stereocenters. The van der Waals surface area contributed by atoms with Gasteiger partial charge in [0, 0.05) is 31.7 Å². The molecule has 1 saturated heterocycles. The van der Waals surface area contributed by atoms with Gasteiger partial charge in [0.1, 0.15) is 5.75 Å². The van der Waals surface area contributed by atoms with E-state index in [1.807, 2.05) is 0 Å². The lowest BCUT2D eigenvalue weighted by molar-refractivity contribution is 0.0570. The molecule has 1 heterocycles. The SMILES string of the molecule is CCOC(=O)N1CCN(C(=O)c2ccc(O)cc2C)CC1. The maximum absolute atomic E-state index is 12.4. The van der Waals surface area contributed by atoms with E-state index in [9.17, 15) is 14.7 Å². The van der Waals surface area contributed by atoms with Crippen LogP contribution in [-0.2, 0) is 4.74 Å². The van der Waals surface area contributed by atoms with Gasteiger partial charge in [-0.15, -0.1) is 0 Å². The fourth-order valence-electron chi connectivity index (χ4n) is 2.37. The van der Waals surface area contributed by atoms with Crippen LogP contribution in [0.25, 0.3) is 0 Å². The van der Waals surface area contributed by atoms with Crippen LogP contribution in [0.4, 0.5) is 4.79 Å². The maximum atomic E-state index is 12.4. The summed E-state index contributed by atoms with van der Waals surface area (Å²) in [5.41, 5.74) is 1.32. The molecule has 0 aliphatic carbocycles. The molecule has 1 aromatic carbocycles. The third-order valence-electron chi connectivity index (χ3n) is 3.53. The number of rotatable bonds is 2. The van der Waals surface area contributed by atoms with Crippen molar-refractivity contribution in [3.05, 3.63) is 29.3 Å². The number of benzene rings is 1. The van der Waals surface area contributed by atoms with Crippen LogP contribution in [0.1, 0.15) is 22.8 Å². The zero-order chi connectivity index (χ0) is 15.4. The number of amides is 2. The van der Waals surface area contributed by atoms with Crippen molar-refractivity contribution in [2.75, 3.05) is 32.8 Å². The van der Waals surface area contributed by atoms with E-state index in [2.05, 4.69) is 0 Å². The molecule has 0 saturated carbocycles. The molecule has 1 aliphatic heterocycles. The Kier molecular flexibility index (Phi) is 4.67. The molecular formula is C15H20N2O4. The normalized spacial score (nSPS) is 15.0. The fourth-order valence-corrected chi connectivity index (χ4v) is 2.37. The largest absolute Gasteiger partial charge is 0.508 e. The Labute approximate surface area is 123 Å². The molecule has 1 fully saturated rings. The quantitative estimate of drug-likeness (QED) is 0.899. The fraction of sp³-hybridized carbons (Fsp3) is 0.467. The topological polar surface area (TPSA) is 70.1 Å². The number of hydrogen-bond acceptors (Lipinski definition) is 4. The van der Waals surface area contributed by atoms with Gasteiger partial charge < -0.3 is 19.6 Å². The van der Waals surface area contributed by atoms with Crippen molar-refractivity contribution >= 4 is 12.0 Å². The van der Waals surface area contributed by atoms with E-state index in [0.29, 0.717) is 38.3 Å². The van der Waals surface area contributed by atoms with Gasteiger partial charge in [0.05, 0.1) is 6.61 Å². The van der Waals surface area contributed by atoms with Gasteiger partial charge in [-0.2, -0.15) is 0 Å². The zero-order valence-electron chi connectivity index (χ0n) is 12.3. The summed E-state index contributed by atoms with van der Waals surface area (Å²) in [5.74, 6) is 0.0761. The Balaban J connectivity index is 1.98. The number of phenols is 1. The Bertz CT molecular complexity index is 536. The van der Waals surface area contributed by atoms with Gasteiger partial charge in [0.2, 0.25) is 0 Å². The number of piperazine rings is 1. The standard InChI is InChI=1S/C15H20N2O4/c1-3-21-15(20)17-8-6-16(7-9-17)14(19)13-5-4-12(18)10-11(13)2/h4-5,10,18H,3,6-9H2,1-2H3. The molecule has 0 spiro atoms. The van der Waals surface area contributed by atoms with Crippen LogP contribution in [0.3, 0.4) is 0 Å². The molecule has 6 nitrogen and oxygen atoms in total. The lowest BCUT2D eigenvalue weighted by Gasteiger charge is -2.34. The van der Waals surface area contributed by atoms with E-state index < -0.39 is 0 Å². The molecule has 114 valence electrons. The molecule has 0 aromatic heterocycles. The number of nitrogens with zero attached hydrogens (tertiary/aromatic N) is 2. The Morgan fingerprint density at radius 2 is 1.81 bits per heavy atom. The molecule has 21 heavy (non-hydrogen) atoms. The van der Waals surface area contributed by atoms with Crippen LogP contribution in [0.15, 0.2) is 18.2 Å². The average Bonchev–Trinajstić information content (AvgIpc) is 2.47. The van der Waals surface area contributed by atoms with Crippen molar-refractivity contribution in [2.45, 2.75) is 13.8 Å². The van der Waals surface area contributed by atoms with Gasteiger partial charge in [-0.3, -0.25) is 4.79 Å². The van der Waals surface area contributed by atoms with Crippen LogP contribution in [0, 0.1) is 6.92 Å². The maximum Gasteiger partial charge on any atom is 0.409 e. The van der Waals surface area contributed by atoms with Gasteiger partial charge >= 0.3 is 6.09 Å². The van der Waals surface area contributed by atoms with Gasteiger partial charge in [-0.25, -0.2) is 4.79 Å². The average molecular weight is 292 g/mol. The third kappa shape index (κ3) is 3.45. The number of ether oxygens (including phenoxy) is 1. The molecule has 1 aliphatic rings. The third-order valence-corrected chi connectivity index (χ3v) is 3.53. The Morgan fingerprint density at radius 1 is 1.19 bits per heavy atom. The second-order valence-corrected chi connectivity index (χ2v) is 4.98. The molecule has 2 rings (SSSR count). The molecule has 0 radical (unpaired) electrons. The number of phenolic OH excluding ortho intramolecular Hbond substituents is 1. The lowest BCUT2D eigenvalue weighted by Crippen LogP contribution is -2.50. The van der Waals surface area contributed by atoms with Crippen molar-refractivity contribution in [3.63, 3.8) is 0 Å². The highest BCUT2D eigenvalue weighted by Gasteiger charge is 2.26. The minimum Gasteiger partial charge on any atom is -0.508 e. The zero-order valence-corrected chi connectivity index (χ0v) is 12.3. The summed E-state index contributed by atoms with van der Waals surface area (Å²) in [5, 5.41) is 9.39. The van der Waals surface area contributed by atoms with E-state index in [1.165, 1.54) is 6.07 Å². The second kappa shape index (κ2) is 6.47. The smallest absolute Gasteiger partial charge is 0.409 e. The van der Waals surface area contributed by atoms with Crippen molar-refractivity contribution in [1.82, 2.24) is 9.80 Å². The summed E-state index contributed by atoms with van der Waals surface area (Å²) in [6.45, 7) is 5.83. The highest BCUT2D eigenvalue weighted by atomic mass is 16.6. The van der Waals surface area contributed by atoms with Crippen LogP contribution in [0.5, 0.6) is 5.75 Å². The lowest BCUT2D eigenvalue weighted by atomic mass is 10.1. The van der Waals surface area contributed by atoms with Crippen LogP contribution < -0.4 is 0 Å². The van der Waals surface area contributed by atoms with Crippen LogP contribution in [0.2, 0.25) is 0 Å². The minimum absolute atomic E-state index is 0.0731. The summed E-state index contributed by atoms with van der Waals surface area (Å²) in [7, 11) is 0. The number of aromatic hydroxyl groups is 1. The first-order chi connectivity index (χ1) is 10.0. The summed E-state index contributed by atoms with van der Waals surface area (Å²) in [4.78, 5) is 27.4. The first kappa shape index (κ1) is 15.2. The Morgan fingerprint density at radius 3 is 2.38 bits per heavy atom. The van der Waals surface area contributed by atoms with Gasteiger partial charge in [0.25, 0.3) is 5.91 Å². The minimum atomic E-state index is -0.328. The number of carbonyl (C=O) groups is 2. The summed E-state index contributed by atoms with van der Waals surface area (Å²) < 4.78 is 4.95. The van der Waals surface area contributed by atoms with E-state index in [1.54, 1.807) is 35.8 Å². The predicted octanol–water partition coefficient (Wildman–Crippen LogP) is 1.61. The van der Waals surface area contributed by atoms with E-state index in [-0.39, 0.29) is 17.7 Å². The van der Waals surface area contributed by atoms with Gasteiger partial charge in [-0.05, 0) is 37.6 Å². The van der Waals surface area contributed by atoms with Crippen molar-refractivity contribution in [1.29, 1.82) is 0 Å². The molecule has 1 N–H and O–H groups in total. The van der Waals surface area contributed by atoms with E-state index in [4.69, 9.17) is 4.74 Å². The monoisotopic (exact) mass is 292 g/mol. The molecule has 0 unspecified atom stereocenters. The summed E-state index contributed by atoms with van der Waals surface area (Å²) in [6.07, 6.45) is -0.328. The second-order valence-electron chi connectivity index (χ2n) is 4.98.